The minimum atomic E-state index is -0.0269. The van der Waals surface area contributed by atoms with Crippen molar-refractivity contribution in [1.29, 1.82) is 0 Å². The van der Waals surface area contributed by atoms with E-state index in [9.17, 15) is 4.79 Å². The van der Waals surface area contributed by atoms with Crippen LogP contribution in [0, 0.1) is 0 Å². The lowest BCUT2D eigenvalue weighted by molar-refractivity contribution is 0.574. The van der Waals surface area contributed by atoms with Crippen molar-refractivity contribution in [2.24, 2.45) is 5.73 Å². The molecule has 2 rings (SSSR count). The quantitative estimate of drug-likeness (QED) is 0.873. The molecule has 0 bridgehead atoms. The summed E-state index contributed by atoms with van der Waals surface area (Å²) < 4.78 is 3.34. The number of nitrogens with two attached hydrogens (primary N) is 1. The lowest BCUT2D eigenvalue weighted by Gasteiger charge is -2.08. The predicted molar refractivity (Wildman–Crippen MR) is 68.3 cm³/mol. The Balaban J connectivity index is 2.58. The van der Waals surface area contributed by atoms with Crippen LogP contribution in [0.2, 0.25) is 0 Å². The highest BCUT2D eigenvalue weighted by molar-refractivity contribution is 5.40. The molecule has 4 nitrogen and oxygen atoms in total. The molecule has 0 fully saturated rings. The van der Waals surface area contributed by atoms with Gasteiger partial charge in [0.1, 0.15) is 0 Å². The number of aromatic nitrogens is 2. The maximum Gasteiger partial charge on any atom is 0.332 e. The topological polar surface area (TPSA) is 52.9 Å². The van der Waals surface area contributed by atoms with Gasteiger partial charge in [0.25, 0.3) is 0 Å². The van der Waals surface area contributed by atoms with Crippen LogP contribution in [0.1, 0.15) is 25.5 Å². The van der Waals surface area contributed by atoms with E-state index in [4.69, 9.17) is 5.73 Å². The highest BCUT2D eigenvalue weighted by Gasteiger charge is 2.09. The normalized spacial score (nSPS) is 11.1. The van der Waals surface area contributed by atoms with Crippen molar-refractivity contribution < 1.29 is 0 Å². The van der Waals surface area contributed by atoms with Crippen LogP contribution in [0.25, 0.3) is 5.69 Å². The number of para-hydroxylation sites is 1. The van der Waals surface area contributed by atoms with Crippen molar-refractivity contribution in [3.8, 4) is 5.69 Å². The molecule has 0 spiro atoms. The zero-order valence-electron chi connectivity index (χ0n) is 10.1. The molecule has 2 N–H and O–H groups in total. The molecular weight excluding hydrogens is 214 g/mol. The molecule has 0 aliphatic heterocycles. The van der Waals surface area contributed by atoms with Crippen LogP contribution in [0.4, 0.5) is 0 Å². The van der Waals surface area contributed by atoms with Gasteiger partial charge in [-0.15, -0.1) is 0 Å². The third-order valence-corrected chi connectivity index (χ3v) is 2.83. The van der Waals surface area contributed by atoms with Gasteiger partial charge in [-0.1, -0.05) is 18.2 Å². The van der Waals surface area contributed by atoms with Gasteiger partial charge in [-0.25, -0.2) is 4.79 Å². The van der Waals surface area contributed by atoms with E-state index in [0.717, 1.165) is 11.3 Å². The molecule has 0 unspecified atom stereocenters. The number of rotatable bonds is 3. The van der Waals surface area contributed by atoms with Gasteiger partial charge < -0.3 is 5.73 Å². The average Bonchev–Trinajstić information content (AvgIpc) is 2.71. The zero-order valence-corrected chi connectivity index (χ0v) is 10.1. The molecule has 0 aliphatic rings. The molecule has 0 radical (unpaired) electrons. The Kier molecular flexibility index (Phi) is 3.15. The number of hydrogen-bond donors (Lipinski definition) is 1. The summed E-state index contributed by atoms with van der Waals surface area (Å²) in [6.07, 6.45) is 3.59. The number of hydrogen-bond acceptors (Lipinski definition) is 2. The predicted octanol–water partition coefficient (Wildman–Crippen LogP) is 1.68. The van der Waals surface area contributed by atoms with E-state index in [0.29, 0.717) is 6.54 Å². The fourth-order valence-electron chi connectivity index (χ4n) is 1.89. The van der Waals surface area contributed by atoms with E-state index >= 15 is 0 Å². The Hall–Kier alpha value is -1.81. The molecule has 0 saturated heterocycles. The van der Waals surface area contributed by atoms with Gasteiger partial charge in [0.2, 0.25) is 0 Å². The van der Waals surface area contributed by atoms with Crippen molar-refractivity contribution >= 4 is 0 Å². The number of nitrogens with zero attached hydrogens (tertiary/aromatic N) is 2. The molecule has 0 aliphatic carbocycles. The van der Waals surface area contributed by atoms with Gasteiger partial charge in [-0.3, -0.25) is 9.13 Å². The fraction of sp³-hybridized carbons (Fsp3) is 0.308. The summed E-state index contributed by atoms with van der Waals surface area (Å²) in [5, 5.41) is 0. The lowest BCUT2D eigenvalue weighted by atomic mass is 10.2. The highest BCUT2D eigenvalue weighted by Crippen LogP contribution is 2.12. The number of imidazole rings is 1. The third-order valence-electron chi connectivity index (χ3n) is 2.83. The van der Waals surface area contributed by atoms with Crippen molar-refractivity contribution in [2.45, 2.75) is 26.4 Å². The van der Waals surface area contributed by atoms with E-state index < -0.39 is 0 Å². The summed E-state index contributed by atoms with van der Waals surface area (Å²) in [7, 11) is 0. The first kappa shape index (κ1) is 11.7. The van der Waals surface area contributed by atoms with Crippen molar-refractivity contribution in [2.75, 3.05) is 0 Å². The Bertz CT molecular complexity index is 566. The SMILES string of the molecule is CC(C)n1ccn(-c2ccccc2CN)c1=O. The summed E-state index contributed by atoms with van der Waals surface area (Å²) in [5.41, 5.74) is 7.48. The smallest absolute Gasteiger partial charge is 0.326 e. The minimum Gasteiger partial charge on any atom is -0.326 e. The van der Waals surface area contributed by atoms with Crippen LogP contribution < -0.4 is 11.4 Å². The maximum absolute atomic E-state index is 12.2. The molecule has 0 amide bonds. The van der Waals surface area contributed by atoms with Gasteiger partial charge in [-0.2, -0.15) is 0 Å². The molecule has 1 aromatic heterocycles. The second-order valence-electron chi connectivity index (χ2n) is 4.28. The van der Waals surface area contributed by atoms with Gasteiger partial charge >= 0.3 is 5.69 Å². The molecule has 1 aromatic carbocycles. The van der Waals surface area contributed by atoms with Crippen molar-refractivity contribution in [3.05, 3.63) is 52.7 Å². The van der Waals surface area contributed by atoms with Crippen LogP contribution in [0.15, 0.2) is 41.5 Å². The standard InChI is InChI=1S/C13H17N3O/c1-10(2)15-7-8-16(13(15)17)12-6-4-3-5-11(12)9-14/h3-8,10H,9,14H2,1-2H3. The molecule has 4 heteroatoms. The number of benzene rings is 1. The second-order valence-corrected chi connectivity index (χ2v) is 4.28. The molecule has 17 heavy (non-hydrogen) atoms. The first-order valence-electron chi connectivity index (χ1n) is 5.73. The Morgan fingerprint density at radius 3 is 2.53 bits per heavy atom. The summed E-state index contributed by atoms with van der Waals surface area (Å²) in [5.74, 6) is 0. The summed E-state index contributed by atoms with van der Waals surface area (Å²) in [4.78, 5) is 12.2. The van der Waals surface area contributed by atoms with E-state index in [1.54, 1.807) is 21.5 Å². The zero-order chi connectivity index (χ0) is 12.4. The molecule has 1 heterocycles. The van der Waals surface area contributed by atoms with Gasteiger partial charge in [0.05, 0.1) is 5.69 Å². The summed E-state index contributed by atoms with van der Waals surface area (Å²) in [6.45, 7) is 4.40. The largest absolute Gasteiger partial charge is 0.332 e. The Morgan fingerprint density at radius 1 is 1.24 bits per heavy atom. The van der Waals surface area contributed by atoms with Crippen LogP contribution in [-0.2, 0) is 6.54 Å². The molecule has 90 valence electrons. The first-order chi connectivity index (χ1) is 8.15. The van der Waals surface area contributed by atoms with Crippen LogP contribution in [0.5, 0.6) is 0 Å². The van der Waals surface area contributed by atoms with E-state index in [2.05, 4.69) is 0 Å². The van der Waals surface area contributed by atoms with Crippen molar-refractivity contribution in [1.82, 2.24) is 9.13 Å². The molecular formula is C13H17N3O. The second kappa shape index (κ2) is 4.59. The van der Waals surface area contributed by atoms with E-state index in [1.807, 2.05) is 38.1 Å². The molecule has 0 atom stereocenters. The Labute approximate surface area is 100 Å². The highest BCUT2D eigenvalue weighted by atomic mass is 16.1. The molecule has 0 saturated carbocycles. The van der Waals surface area contributed by atoms with Gasteiger partial charge in [-0.05, 0) is 25.5 Å². The van der Waals surface area contributed by atoms with E-state index in [1.165, 1.54) is 0 Å². The van der Waals surface area contributed by atoms with Crippen LogP contribution in [-0.4, -0.2) is 9.13 Å². The fourth-order valence-corrected chi connectivity index (χ4v) is 1.89. The van der Waals surface area contributed by atoms with Crippen LogP contribution in [0.3, 0.4) is 0 Å². The lowest BCUT2D eigenvalue weighted by Crippen LogP contribution is -2.25. The van der Waals surface area contributed by atoms with E-state index in [-0.39, 0.29) is 11.7 Å². The third kappa shape index (κ3) is 2.03. The van der Waals surface area contributed by atoms with Gasteiger partial charge in [0.15, 0.2) is 0 Å². The maximum atomic E-state index is 12.2. The minimum absolute atomic E-state index is 0.0269. The van der Waals surface area contributed by atoms with Crippen LogP contribution >= 0.6 is 0 Å². The van der Waals surface area contributed by atoms with Gasteiger partial charge in [0, 0.05) is 25.0 Å². The monoisotopic (exact) mass is 231 g/mol. The Morgan fingerprint density at radius 2 is 1.94 bits per heavy atom. The average molecular weight is 231 g/mol. The van der Waals surface area contributed by atoms with Crippen molar-refractivity contribution in [3.63, 3.8) is 0 Å². The summed E-state index contributed by atoms with van der Waals surface area (Å²) >= 11 is 0. The molecule has 2 aromatic rings. The first-order valence-corrected chi connectivity index (χ1v) is 5.73. The summed E-state index contributed by atoms with van der Waals surface area (Å²) in [6, 6.07) is 7.85.